The first-order chi connectivity index (χ1) is 17.9. The number of carboxylic acid groups (broad SMARTS) is 1. The third kappa shape index (κ3) is 7.58. The summed E-state index contributed by atoms with van der Waals surface area (Å²) in [6, 6.07) is 21.4. The summed E-state index contributed by atoms with van der Waals surface area (Å²) in [6.07, 6.45) is 3.71. The zero-order valence-electron chi connectivity index (χ0n) is 20.6. The molecule has 188 valence electrons. The van der Waals surface area contributed by atoms with Crippen molar-refractivity contribution < 1.29 is 24.2 Å². The Kier molecular flexibility index (Phi) is 9.63. The summed E-state index contributed by atoms with van der Waals surface area (Å²) in [5.74, 6) is -0.473. The van der Waals surface area contributed by atoms with Gasteiger partial charge in [-0.15, -0.1) is 6.58 Å². The van der Waals surface area contributed by atoms with Gasteiger partial charge < -0.3 is 19.9 Å². The second kappa shape index (κ2) is 13.3. The molecule has 0 saturated carbocycles. The fraction of sp³-hybridized carbons (Fsp3) is 0.167. The predicted octanol–water partition coefficient (Wildman–Crippen LogP) is 5.31. The number of nitrogens with zero attached hydrogens (tertiary/aromatic N) is 1. The maximum atomic E-state index is 12.7. The van der Waals surface area contributed by atoms with E-state index >= 15 is 0 Å². The van der Waals surface area contributed by atoms with Crippen LogP contribution in [0.1, 0.15) is 39.5 Å². The number of hydrogen-bond donors (Lipinski definition) is 2. The fourth-order valence-electron chi connectivity index (χ4n) is 3.59. The lowest BCUT2D eigenvalue weighted by molar-refractivity contribution is -0.117. The number of benzene rings is 3. The maximum absolute atomic E-state index is 12.7. The highest BCUT2D eigenvalue weighted by molar-refractivity contribution is 6.01. The molecule has 0 fully saturated rings. The molecule has 0 aromatic heterocycles. The Morgan fingerprint density at radius 3 is 2.41 bits per heavy atom. The lowest BCUT2D eigenvalue weighted by atomic mass is 10.0. The molecule has 37 heavy (non-hydrogen) atoms. The Labute approximate surface area is 216 Å². The molecule has 0 saturated heterocycles. The van der Waals surface area contributed by atoms with Crippen LogP contribution in [0.5, 0.6) is 11.5 Å². The number of allylic oxidation sites excluding steroid dienone is 1. The molecule has 2 N–H and O–H groups in total. The molecule has 3 rings (SSSR count). The second-order valence-corrected chi connectivity index (χ2v) is 8.06. The van der Waals surface area contributed by atoms with Crippen molar-refractivity contribution in [3.8, 4) is 17.6 Å². The Hall–Kier alpha value is -4.83. The zero-order chi connectivity index (χ0) is 26.6. The van der Waals surface area contributed by atoms with Gasteiger partial charge in [0.15, 0.2) is 11.5 Å². The van der Waals surface area contributed by atoms with Gasteiger partial charge in [-0.1, -0.05) is 48.5 Å². The first kappa shape index (κ1) is 26.8. The van der Waals surface area contributed by atoms with Crippen molar-refractivity contribution in [3.05, 3.63) is 113 Å². The minimum absolute atomic E-state index is 0.0323. The number of hydrogen-bond acceptors (Lipinski definition) is 5. The largest absolute Gasteiger partial charge is 0.490 e. The SMILES string of the molecule is C=CCc1cc(/C=C(\C#N)C(=O)NCc2ccccc2)cc(OCC)c1OCc1ccc(C(=O)O)cc1. The molecular weight excluding hydrogens is 468 g/mol. The van der Waals surface area contributed by atoms with Gasteiger partial charge >= 0.3 is 5.97 Å². The lowest BCUT2D eigenvalue weighted by Crippen LogP contribution is -2.23. The zero-order valence-corrected chi connectivity index (χ0v) is 20.6. The Morgan fingerprint density at radius 2 is 1.78 bits per heavy atom. The molecule has 3 aromatic carbocycles. The highest BCUT2D eigenvalue weighted by Gasteiger charge is 2.15. The van der Waals surface area contributed by atoms with Crippen LogP contribution < -0.4 is 14.8 Å². The number of amides is 1. The summed E-state index contributed by atoms with van der Waals surface area (Å²) in [4.78, 5) is 23.7. The summed E-state index contributed by atoms with van der Waals surface area (Å²) in [5, 5.41) is 21.5. The van der Waals surface area contributed by atoms with Gasteiger partial charge in [0.05, 0.1) is 12.2 Å². The van der Waals surface area contributed by atoms with E-state index in [1.807, 2.05) is 49.4 Å². The van der Waals surface area contributed by atoms with Crippen LogP contribution in [0.4, 0.5) is 0 Å². The third-order valence-corrected chi connectivity index (χ3v) is 5.37. The van der Waals surface area contributed by atoms with Gasteiger partial charge in [-0.3, -0.25) is 4.79 Å². The maximum Gasteiger partial charge on any atom is 0.335 e. The van der Waals surface area contributed by atoms with Gasteiger partial charge in [0.2, 0.25) is 0 Å². The normalized spacial score (nSPS) is 10.8. The van der Waals surface area contributed by atoms with Crippen molar-refractivity contribution in [2.24, 2.45) is 0 Å². The minimum Gasteiger partial charge on any atom is -0.490 e. The van der Waals surface area contributed by atoms with Crippen molar-refractivity contribution >= 4 is 18.0 Å². The number of carbonyl (C=O) groups is 2. The van der Waals surface area contributed by atoms with Crippen molar-refractivity contribution in [3.63, 3.8) is 0 Å². The topological polar surface area (TPSA) is 109 Å². The van der Waals surface area contributed by atoms with Crippen LogP contribution in [0.15, 0.2) is 85.0 Å². The first-order valence-corrected chi connectivity index (χ1v) is 11.7. The molecule has 0 spiro atoms. The predicted molar refractivity (Wildman–Crippen MR) is 141 cm³/mol. The van der Waals surface area contributed by atoms with E-state index in [4.69, 9.17) is 14.6 Å². The van der Waals surface area contributed by atoms with E-state index in [0.717, 1.165) is 16.7 Å². The van der Waals surface area contributed by atoms with Gasteiger partial charge in [0.25, 0.3) is 5.91 Å². The first-order valence-electron chi connectivity index (χ1n) is 11.7. The Balaban J connectivity index is 1.86. The van der Waals surface area contributed by atoms with Crippen LogP contribution in [0.3, 0.4) is 0 Å². The van der Waals surface area contributed by atoms with E-state index in [0.29, 0.717) is 36.6 Å². The summed E-state index contributed by atoms with van der Waals surface area (Å²) in [7, 11) is 0. The molecular formula is C30H28N2O5. The minimum atomic E-state index is -0.992. The van der Waals surface area contributed by atoms with Gasteiger partial charge in [-0.05, 0) is 60.4 Å². The summed E-state index contributed by atoms with van der Waals surface area (Å²) in [6.45, 7) is 6.56. The number of carbonyl (C=O) groups excluding carboxylic acids is 1. The van der Waals surface area contributed by atoms with Crippen LogP contribution in [0.2, 0.25) is 0 Å². The molecule has 0 aliphatic carbocycles. The molecule has 0 aliphatic heterocycles. The lowest BCUT2D eigenvalue weighted by Gasteiger charge is -2.17. The molecule has 0 atom stereocenters. The number of rotatable bonds is 12. The van der Waals surface area contributed by atoms with E-state index < -0.39 is 11.9 Å². The number of nitrogens with one attached hydrogen (secondary N) is 1. The van der Waals surface area contributed by atoms with E-state index in [9.17, 15) is 14.9 Å². The van der Waals surface area contributed by atoms with Crippen LogP contribution in [-0.4, -0.2) is 23.6 Å². The number of nitriles is 1. The van der Waals surface area contributed by atoms with E-state index in [2.05, 4.69) is 11.9 Å². The quantitative estimate of drug-likeness (QED) is 0.200. The van der Waals surface area contributed by atoms with Crippen molar-refractivity contribution in [1.82, 2.24) is 5.32 Å². The molecule has 0 heterocycles. The number of aromatic carboxylic acids is 1. The number of carboxylic acids is 1. The van der Waals surface area contributed by atoms with Crippen molar-refractivity contribution in [1.29, 1.82) is 5.26 Å². The standard InChI is InChI=1S/C30H28N2O5/c1-3-8-25-15-23(16-26(18-31)29(33)32-19-21-9-6-5-7-10-21)17-27(36-4-2)28(25)37-20-22-11-13-24(14-12-22)30(34)35/h3,5-7,9-17H,1,4,8,19-20H2,2H3,(H,32,33)(H,34,35)/b26-16+. The molecule has 0 aliphatic rings. The smallest absolute Gasteiger partial charge is 0.335 e. The highest BCUT2D eigenvalue weighted by Crippen LogP contribution is 2.35. The van der Waals surface area contributed by atoms with Crippen molar-refractivity contribution in [2.45, 2.75) is 26.5 Å². The van der Waals surface area contributed by atoms with Gasteiger partial charge in [0, 0.05) is 12.1 Å². The average Bonchev–Trinajstić information content (AvgIpc) is 2.91. The van der Waals surface area contributed by atoms with E-state index in [-0.39, 0.29) is 17.7 Å². The number of ether oxygens (including phenoxy) is 2. The second-order valence-electron chi connectivity index (χ2n) is 8.06. The summed E-state index contributed by atoms with van der Waals surface area (Å²) >= 11 is 0. The molecule has 7 nitrogen and oxygen atoms in total. The molecule has 7 heteroatoms. The fourth-order valence-corrected chi connectivity index (χ4v) is 3.59. The van der Waals surface area contributed by atoms with Crippen LogP contribution in [-0.2, 0) is 24.4 Å². The molecule has 0 bridgehead atoms. The average molecular weight is 497 g/mol. The third-order valence-electron chi connectivity index (χ3n) is 5.37. The molecule has 0 unspecified atom stereocenters. The van der Waals surface area contributed by atoms with Crippen molar-refractivity contribution in [2.75, 3.05) is 6.61 Å². The Morgan fingerprint density at radius 1 is 1.05 bits per heavy atom. The van der Waals surface area contributed by atoms with E-state index in [1.54, 1.807) is 24.3 Å². The van der Waals surface area contributed by atoms with E-state index in [1.165, 1.54) is 18.2 Å². The van der Waals surface area contributed by atoms with Crippen LogP contribution in [0.25, 0.3) is 6.08 Å². The molecule has 1 amide bonds. The highest BCUT2D eigenvalue weighted by atomic mass is 16.5. The van der Waals surface area contributed by atoms with Crippen LogP contribution in [0, 0.1) is 11.3 Å². The Bertz CT molecular complexity index is 1320. The van der Waals surface area contributed by atoms with Gasteiger partial charge in [-0.25, -0.2) is 4.79 Å². The summed E-state index contributed by atoms with van der Waals surface area (Å²) < 4.78 is 11.9. The summed E-state index contributed by atoms with van der Waals surface area (Å²) in [5.41, 5.74) is 3.28. The molecule has 0 radical (unpaired) electrons. The molecule has 3 aromatic rings. The monoisotopic (exact) mass is 496 g/mol. The van der Waals surface area contributed by atoms with Gasteiger partial charge in [-0.2, -0.15) is 5.26 Å². The van der Waals surface area contributed by atoms with Gasteiger partial charge in [0.1, 0.15) is 18.2 Å². The van der Waals surface area contributed by atoms with Crippen LogP contribution >= 0.6 is 0 Å².